The maximum absolute atomic E-state index is 12.6. The van der Waals surface area contributed by atoms with Gasteiger partial charge in [-0.25, -0.2) is 0 Å². The molecular formula is C78H102O12. The average Bonchev–Trinajstić information content (AvgIpc) is 3.65. The van der Waals surface area contributed by atoms with Crippen LogP contribution in [0.1, 0.15) is 207 Å². The Morgan fingerprint density at radius 1 is 0.333 bits per heavy atom. The Hall–Kier alpha value is -7.86. The second-order valence-electron chi connectivity index (χ2n) is 25.5. The molecule has 0 N–H and O–H groups in total. The molecule has 6 aromatic carbocycles. The fourth-order valence-electron chi connectivity index (χ4n) is 11.7. The van der Waals surface area contributed by atoms with E-state index in [1.807, 2.05) is 147 Å². The Morgan fingerprint density at radius 3 is 0.789 bits per heavy atom. The number of unbranched alkanes of at least 4 members (excludes halogenated alkanes) is 4. The summed E-state index contributed by atoms with van der Waals surface area (Å²) in [4.78, 5) is 74.9. The molecule has 0 amide bonds. The van der Waals surface area contributed by atoms with Crippen molar-refractivity contribution in [1.82, 2.24) is 0 Å². The Labute approximate surface area is 539 Å². The van der Waals surface area contributed by atoms with Crippen LogP contribution in [-0.4, -0.2) is 35.8 Å². The molecule has 0 heterocycles. The smallest absolute Gasteiger partial charge is 0.314 e. The number of hydrogen-bond acceptors (Lipinski definition) is 12. The molecule has 0 atom stereocenters. The van der Waals surface area contributed by atoms with Crippen molar-refractivity contribution in [2.75, 3.05) is 0 Å². The van der Waals surface area contributed by atoms with Crippen molar-refractivity contribution in [2.24, 2.45) is 35.5 Å². The van der Waals surface area contributed by atoms with Gasteiger partial charge in [-0.2, -0.15) is 0 Å². The third-order valence-electron chi connectivity index (χ3n) is 17.5. The van der Waals surface area contributed by atoms with E-state index in [2.05, 4.69) is 41.5 Å². The van der Waals surface area contributed by atoms with E-state index in [1.54, 1.807) is 12.1 Å². The van der Waals surface area contributed by atoms with Gasteiger partial charge in [-0.05, 0) is 235 Å². The van der Waals surface area contributed by atoms with Crippen LogP contribution in [0.5, 0.6) is 34.5 Å². The van der Waals surface area contributed by atoms with Crippen molar-refractivity contribution >= 4 is 35.8 Å². The number of ether oxygens (including phenoxy) is 6. The Kier molecular flexibility index (Phi) is 27.9. The van der Waals surface area contributed by atoms with E-state index >= 15 is 0 Å². The molecule has 12 nitrogen and oxygen atoms in total. The number of benzene rings is 6. The Morgan fingerprint density at radius 2 is 0.567 bits per heavy atom. The molecule has 0 unspecified atom stereocenters. The van der Waals surface area contributed by atoms with Crippen LogP contribution in [0.25, 0.3) is 0 Å². The quantitative estimate of drug-likeness (QED) is 0.0360. The van der Waals surface area contributed by atoms with Crippen molar-refractivity contribution in [3.8, 4) is 34.5 Å². The lowest BCUT2D eigenvalue weighted by molar-refractivity contribution is -0.145. The van der Waals surface area contributed by atoms with Gasteiger partial charge in [0.05, 0.1) is 35.5 Å². The van der Waals surface area contributed by atoms with Gasteiger partial charge in [0, 0.05) is 4.28 Å². The predicted octanol–water partition coefficient (Wildman–Crippen LogP) is 19.1. The SMILES string of the molecule is CC(C)c1ccc(OC(=O)C2CCC(C(=O)Oc3ccc(C(C)C)cc3)CC2)cc1.CCCCCc1ccc(OC(=O)C2CCC(C(=O)Oc3ccc(CCCCC)cc3)CC2)cc1.Cc1cccc(OC(=O)C2CCC(C(=O)Oc3cccc(C)c3)CC2)c1.[HH].[HH].[HH]. The molecule has 90 heavy (non-hydrogen) atoms. The third kappa shape index (κ3) is 22.9. The Balaban J connectivity index is 0.000000295. The number of aryl methyl sites for hydroxylation is 4. The van der Waals surface area contributed by atoms with E-state index in [-0.39, 0.29) is 75.6 Å². The first-order valence-electron chi connectivity index (χ1n) is 33.2. The number of rotatable bonds is 22. The number of esters is 6. The monoisotopic (exact) mass is 1230 g/mol. The first-order valence-corrected chi connectivity index (χ1v) is 33.2. The molecule has 3 saturated carbocycles. The molecule has 0 bridgehead atoms. The maximum Gasteiger partial charge on any atom is 0.314 e. The molecule has 6 aromatic rings. The summed E-state index contributed by atoms with van der Waals surface area (Å²) < 4.78 is 33.3. The van der Waals surface area contributed by atoms with Gasteiger partial charge in [-0.3, -0.25) is 28.8 Å². The van der Waals surface area contributed by atoms with Gasteiger partial charge in [0.15, 0.2) is 0 Å². The highest BCUT2D eigenvalue weighted by atomic mass is 16.6. The van der Waals surface area contributed by atoms with E-state index in [0.29, 0.717) is 123 Å². The van der Waals surface area contributed by atoms with Gasteiger partial charge in [-0.1, -0.05) is 140 Å². The largest absolute Gasteiger partial charge is 0.426 e. The topological polar surface area (TPSA) is 158 Å². The summed E-state index contributed by atoms with van der Waals surface area (Å²) in [5.74, 6) is 2.25. The summed E-state index contributed by atoms with van der Waals surface area (Å²) in [6.45, 7) is 16.8. The van der Waals surface area contributed by atoms with Crippen molar-refractivity contribution in [3.63, 3.8) is 0 Å². The normalized spacial score (nSPS) is 18.7. The molecule has 3 aliphatic rings. The standard InChI is InChI=1S/C30H40O4.C26H32O4.C22H24O4.3H2/c1-3-5-7-9-23-11-19-27(20-12-23)33-29(31)25-15-17-26(18-16-25)30(32)34-28-21-13-24(14-22-28)10-8-6-4-2;1-17(2)19-9-13-23(14-10-19)29-25(27)21-5-7-22(8-6-21)26(28)30-24-15-11-20(12-16-24)18(3)4;1-15-5-3-7-19(13-15)25-21(23)17-9-11-18(12-10-17)22(24)26-20-8-4-6-16(2)14-20;;;/h11-14,19-22,25-26H,3-10,15-18H2,1-2H3;9-18,21-22H,5-8H2,1-4H3;3-8,13-14,17-18H,9-12H2,1-2H3;3*1H. The van der Waals surface area contributed by atoms with Crippen LogP contribution in [-0.2, 0) is 41.6 Å². The summed E-state index contributed by atoms with van der Waals surface area (Å²) >= 11 is 0. The van der Waals surface area contributed by atoms with Crippen molar-refractivity contribution in [2.45, 2.75) is 196 Å². The van der Waals surface area contributed by atoms with Crippen molar-refractivity contribution in [3.05, 3.63) is 179 Å². The van der Waals surface area contributed by atoms with Crippen LogP contribution in [0.15, 0.2) is 146 Å². The Bertz CT molecular complexity index is 3000. The van der Waals surface area contributed by atoms with Crippen LogP contribution in [0, 0.1) is 49.4 Å². The number of carbonyl (C=O) groups is 6. The zero-order valence-electron chi connectivity index (χ0n) is 54.5. The summed E-state index contributed by atoms with van der Waals surface area (Å²) in [6, 6.07) is 46.0. The van der Waals surface area contributed by atoms with E-state index in [9.17, 15) is 28.8 Å². The van der Waals surface area contributed by atoms with E-state index in [1.165, 1.54) is 60.8 Å². The van der Waals surface area contributed by atoms with Gasteiger partial charge in [0.25, 0.3) is 0 Å². The summed E-state index contributed by atoms with van der Waals surface area (Å²) in [6.07, 6.45) is 17.2. The third-order valence-corrected chi connectivity index (χ3v) is 17.5. The molecule has 0 radical (unpaired) electrons. The summed E-state index contributed by atoms with van der Waals surface area (Å²) in [5, 5.41) is 0. The van der Waals surface area contributed by atoms with Gasteiger partial charge < -0.3 is 28.4 Å². The summed E-state index contributed by atoms with van der Waals surface area (Å²) in [5.41, 5.74) is 7.09. The molecule has 12 heteroatoms. The van der Waals surface area contributed by atoms with Crippen molar-refractivity contribution in [1.29, 1.82) is 0 Å². The highest BCUT2D eigenvalue weighted by Crippen LogP contribution is 2.35. The average molecular weight is 1230 g/mol. The van der Waals surface area contributed by atoms with Gasteiger partial charge in [0.1, 0.15) is 34.5 Å². The van der Waals surface area contributed by atoms with Crippen molar-refractivity contribution < 1.29 is 61.5 Å². The summed E-state index contributed by atoms with van der Waals surface area (Å²) in [7, 11) is 0. The van der Waals surface area contributed by atoms with E-state index in [4.69, 9.17) is 28.4 Å². The van der Waals surface area contributed by atoms with Crippen LogP contribution in [0.3, 0.4) is 0 Å². The highest BCUT2D eigenvalue weighted by Gasteiger charge is 2.35. The van der Waals surface area contributed by atoms with Crippen LogP contribution < -0.4 is 28.4 Å². The first-order chi connectivity index (χ1) is 43.4. The molecule has 3 aliphatic carbocycles. The molecule has 0 aromatic heterocycles. The first kappa shape index (κ1) is 69.6. The molecule has 486 valence electrons. The zero-order chi connectivity index (χ0) is 64.4. The lowest BCUT2D eigenvalue weighted by atomic mass is 9.82. The maximum atomic E-state index is 12.6. The van der Waals surface area contributed by atoms with Gasteiger partial charge in [-0.15, -0.1) is 0 Å². The fraction of sp³-hybridized carbons (Fsp3) is 0.462. The minimum Gasteiger partial charge on any atom is -0.426 e. The lowest BCUT2D eigenvalue weighted by Crippen LogP contribution is -2.30. The molecule has 3 fully saturated rings. The molecule has 0 aliphatic heterocycles. The lowest BCUT2D eigenvalue weighted by Gasteiger charge is -2.25. The van der Waals surface area contributed by atoms with Gasteiger partial charge in [0.2, 0.25) is 0 Å². The van der Waals surface area contributed by atoms with Crippen LogP contribution >= 0.6 is 0 Å². The number of carbonyl (C=O) groups excluding carboxylic acids is 6. The second-order valence-corrected chi connectivity index (χ2v) is 25.5. The van der Waals surface area contributed by atoms with E-state index in [0.717, 1.165) is 24.0 Å². The fourth-order valence-corrected chi connectivity index (χ4v) is 11.7. The molecule has 9 rings (SSSR count). The molecule has 0 spiro atoms. The van der Waals surface area contributed by atoms with Crippen LogP contribution in [0.2, 0.25) is 0 Å². The van der Waals surface area contributed by atoms with Crippen LogP contribution in [0.4, 0.5) is 0 Å². The number of hydrogen-bond donors (Lipinski definition) is 0. The predicted molar refractivity (Wildman–Crippen MR) is 359 cm³/mol. The minimum absolute atomic E-state index is 0. The minimum atomic E-state index is -0.207. The van der Waals surface area contributed by atoms with E-state index < -0.39 is 0 Å². The molecular weight excluding hydrogens is 1130 g/mol. The second kappa shape index (κ2) is 36.1. The van der Waals surface area contributed by atoms with Gasteiger partial charge >= 0.3 is 35.8 Å². The highest BCUT2D eigenvalue weighted by molar-refractivity contribution is 5.80. The molecule has 0 saturated heterocycles. The zero-order valence-corrected chi connectivity index (χ0v) is 54.5.